The Hall–Kier alpha value is 0.0200. The summed E-state index contributed by atoms with van der Waals surface area (Å²) in [6.07, 6.45) is 8.48. The molecule has 0 aromatic rings. The molecule has 0 rings (SSSR count). The lowest BCUT2D eigenvalue weighted by molar-refractivity contribution is -0.116. The van der Waals surface area contributed by atoms with E-state index in [0.717, 1.165) is 6.42 Å². The van der Waals surface area contributed by atoms with Crippen molar-refractivity contribution in [2.24, 2.45) is 0 Å². The van der Waals surface area contributed by atoms with Gasteiger partial charge in [-0.1, -0.05) is 39.0 Å². The van der Waals surface area contributed by atoms with E-state index in [4.69, 9.17) is 9.05 Å². The van der Waals surface area contributed by atoms with Gasteiger partial charge in [0.15, 0.2) is 8.38 Å². The van der Waals surface area contributed by atoms with E-state index in [1.807, 2.05) is 13.8 Å². The first-order valence-electron chi connectivity index (χ1n) is 7.29. The molecule has 0 bridgehead atoms. The Morgan fingerprint density at radius 1 is 0.889 bits per heavy atom. The summed E-state index contributed by atoms with van der Waals surface area (Å²) < 4.78 is 10.9. The van der Waals surface area contributed by atoms with Gasteiger partial charge in [-0.3, -0.25) is 4.79 Å². The zero-order valence-electron chi connectivity index (χ0n) is 12.2. The first kappa shape index (κ1) is 18.0. The van der Waals surface area contributed by atoms with E-state index in [1.54, 1.807) is 0 Å². The summed E-state index contributed by atoms with van der Waals surface area (Å²) in [5.74, 6) is 0.290. The topological polar surface area (TPSA) is 35.5 Å². The lowest BCUT2D eigenvalue weighted by atomic mass is 10.1. The van der Waals surface area contributed by atoms with Crippen molar-refractivity contribution in [2.45, 2.75) is 65.7 Å². The van der Waals surface area contributed by atoms with Gasteiger partial charge in [0.2, 0.25) is 0 Å². The second-order valence-corrected chi connectivity index (χ2v) is 5.88. The number of carbonyl (C=O) groups is 1. The van der Waals surface area contributed by atoms with Crippen LogP contribution in [0.25, 0.3) is 0 Å². The van der Waals surface area contributed by atoms with Crippen molar-refractivity contribution < 1.29 is 13.8 Å². The molecular weight excluding hydrogens is 247 g/mol. The van der Waals surface area contributed by atoms with Gasteiger partial charge >= 0.3 is 0 Å². The molecule has 0 aliphatic heterocycles. The number of hydrogen-bond acceptors (Lipinski definition) is 3. The van der Waals surface area contributed by atoms with Crippen LogP contribution in [0.2, 0.25) is 0 Å². The normalized spacial score (nSPS) is 11.1. The summed E-state index contributed by atoms with van der Waals surface area (Å²) in [7, 11) is -0.980. The Balaban J connectivity index is 3.55. The standard InChI is InChI=1S/C14H29O3P/c1-4-7-8-9-10-11-12-14(15)13-18(16-5-2)17-6-3/h4-13H2,1-3H3. The maximum absolute atomic E-state index is 11.7. The SMILES string of the molecule is CCCCCCCCC(=O)CP(OCC)OCC. The van der Waals surface area contributed by atoms with E-state index in [0.29, 0.717) is 31.6 Å². The van der Waals surface area contributed by atoms with Crippen LogP contribution in [0.1, 0.15) is 65.7 Å². The maximum Gasteiger partial charge on any atom is 0.178 e. The van der Waals surface area contributed by atoms with Crippen LogP contribution in [-0.4, -0.2) is 25.2 Å². The maximum atomic E-state index is 11.7. The van der Waals surface area contributed by atoms with Crippen LogP contribution < -0.4 is 0 Å². The van der Waals surface area contributed by atoms with Crippen LogP contribution in [0.3, 0.4) is 0 Å². The lowest BCUT2D eigenvalue weighted by Crippen LogP contribution is -2.06. The van der Waals surface area contributed by atoms with Gasteiger partial charge in [0, 0.05) is 6.42 Å². The van der Waals surface area contributed by atoms with Crippen molar-refractivity contribution in [2.75, 3.05) is 19.4 Å². The average Bonchev–Trinajstić information content (AvgIpc) is 2.34. The number of rotatable bonds is 13. The number of hydrogen-bond donors (Lipinski definition) is 0. The Morgan fingerprint density at radius 3 is 2.00 bits per heavy atom. The minimum atomic E-state index is -0.980. The summed E-state index contributed by atoms with van der Waals surface area (Å²) >= 11 is 0. The van der Waals surface area contributed by atoms with Crippen LogP contribution in [0, 0.1) is 0 Å². The van der Waals surface area contributed by atoms with Gasteiger partial charge in [0.05, 0.1) is 19.4 Å². The molecule has 0 saturated heterocycles. The predicted octanol–water partition coefficient (Wildman–Crippen LogP) is 4.69. The molecular formula is C14H29O3P. The highest BCUT2D eigenvalue weighted by atomic mass is 31.2. The van der Waals surface area contributed by atoms with Gasteiger partial charge < -0.3 is 9.05 Å². The van der Waals surface area contributed by atoms with Crippen molar-refractivity contribution in [1.82, 2.24) is 0 Å². The van der Waals surface area contributed by atoms with Crippen molar-refractivity contribution in [1.29, 1.82) is 0 Å². The van der Waals surface area contributed by atoms with E-state index in [2.05, 4.69) is 6.92 Å². The number of carbonyl (C=O) groups excluding carboxylic acids is 1. The predicted molar refractivity (Wildman–Crippen MR) is 78.0 cm³/mol. The molecule has 0 unspecified atom stereocenters. The molecule has 18 heavy (non-hydrogen) atoms. The highest BCUT2D eigenvalue weighted by Crippen LogP contribution is 2.38. The van der Waals surface area contributed by atoms with Crippen LogP contribution in [0.5, 0.6) is 0 Å². The summed E-state index contributed by atoms with van der Waals surface area (Å²) in [5, 5.41) is 0. The van der Waals surface area contributed by atoms with Crippen molar-refractivity contribution in [3.63, 3.8) is 0 Å². The minimum Gasteiger partial charge on any atom is -0.334 e. The van der Waals surface area contributed by atoms with Crippen molar-refractivity contribution in [3.8, 4) is 0 Å². The summed E-state index contributed by atoms with van der Waals surface area (Å²) in [6.45, 7) is 7.33. The molecule has 0 heterocycles. The van der Waals surface area contributed by atoms with Crippen molar-refractivity contribution in [3.05, 3.63) is 0 Å². The van der Waals surface area contributed by atoms with E-state index in [1.165, 1.54) is 32.1 Å². The number of ketones is 1. The molecule has 0 spiro atoms. The molecule has 0 aromatic heterocycles. The third-order valence-corrected chi connectivity index (χ3v) is 4.36. The summed E-state index contributed by atoms with van der Waals surface area (Å²) in [6, 6.07) is 0. The third-order valence-electron chi connectivity index (χ3n) is 2.66. The summed E-state index contributed by atoms with van der Waals surface area (Å²) in [5.41, 5.74) is 0. The quantitative estimate of drug-likeness (QED) is 0.361. The average molecular weight is 276 g/mol. The highest BCUT2D eigenvalue weighted by Gasteiger charge is 2.14. The van der Waals surface area contributed by atoms with Crippen LogP contribution in [0.4, 0.5) is 0 Å². The van der Waals surface area contributed by atoms with Gasteiger partial charge in [-0.05, 0) is 20.3 Å². The van der Waals surface area contributed by atoms with E-state index >= 15 is 0 Å². The molecule has 0 aliphatic rings. The van der Waals surface area contributed by atoms with Crippen LogP contribution in [0.15, 0.2) is 0 Å². The molecule has 0 aromatic carbocycles. The largest absolute Gasteiger partial charge is 0.334 e. The molecule has 0 amide bonds. The van der Waals surface area contributed by atoms with Crippen molar-refractivity contribution >= 4 is 14.2 Å². The zero-order valence-corrected chi connectivity index (χ0v) is 13.1. The molecule has 3 nitrogen and oxygen atoms in total. The molecule has 4 heteroatoms. The molecule has 0 radical (unpaired) electrons. The molecule has 108 valence electrons. The third kappa shape index (κ3) is 11.1. The second-order valence-electron chi connectivity index (χ2n) is 4.38. The minimum absolute atomic E-state index is 0.290. The molecule has 0 saturated carbocycles. The fourth-order valence-electron chi connectivity index (χ4n) is 1.74. The Labute approximate surface area is 114 Å². The Morgan fingerprint density at radius 2 is 1.44 bits per heavy atom. The fraction of sp³-hybridized carbons (Fsp3) is 0.929. The summed E-state index contributed by atoms with van der Waals surface area (Å²) in [4.78, 5) is 11.7. The highest BCUT2D eigenvalue weighted by molar-refractivity contribution is 7.48. The van der Waals surface area contributed by atoms with Gasteiger partial charge in [-0.2, -0.15) is 0 Å². The number of Topliss-reactive ketones (excluding diaryl/α,β-unsaturated/α-hetero) is 1. The van der Waals surface area contributed by atoms with Gasteiger partial charge in [-0.25, -0.2) is 0 Å². The van der Waals surface area contributed by atoms with E-state index in [9.17, 15) is 4.79 Å². The van der Waals surface area contributed by atoms with Gasteiger partial charge in [0.25, 0.3) is 0 Å². The zero-order chi connectivity index (χ0) is 13.6. The number of unbranched alkanes of at least 4 members (excludes halogenated alkanes) is 5. The Kier molecular flexibility index (Phi) is 13.5. The molecule has 0 aliphatic carbocycles. The molecule has 0 atom stereocenters. The lowest BCUT2D eigenvalue weighted by Gasteiger charge is -2.14. The first-order chi connectivity index (χ1) is 8.74. The monoisotopic (exact) mass is 276 g/mol. The van der Waals surface area contributed by atoms with E-state index < -0.39 is 8.38 Å². The van der Waals surface area contributed by atoms with Gasteiger partial charge in [0.1, 0.15) is 5.78 Å². The van der Waals surface area contributed by atoms with Crippen LogP contribution in [-0.2, 0) is 13.8 Å². The first-order valence-corrected chi connectivity index (χ1v) is 8.65. The second kappa shape index (κ2) is 13.5. The van der Waals surface area contributed by atoms with E-state index in [-0.39, 0.29) is 0 Å². The smallest absolute Gasteiger partial charge is 0.178 e. The van der Waals surface area contributed by atoms with Gasteiger partial charge in [-0.15, -0.1) is 0 Å². The van der Waals surface area contributed by atoms with Crippen LogP contribution >= 0.6 is 8.38 Å². The molecule has 0 fully saturated rings. The molecule has 0 N–H and O–H groups in total. The Bertz CT molecular complexity index is 191. The fourth-order valence-corrected chi connectivity index (χ4v) is 3.02.